The number of aryl methyl sites for hydroxylation is 2. The number of nitrogens with zero attached hydrogens (tertiary/aromatic N) is 4. The number of aromatic nitrogens is 3. The highest BCUT2D eigenvalue weighted by atomic mass is 35.5. The molecule has 8 heteroatoms. The van der Waals surface area contributed by atoms with Crippen LogP contribution in [-0.4, -0.2) is 24.8 Å². The highest BCUT2D eigenvalue weighted by molar-refractivity contribution is 7.80. The van der Waals surface area contributed by atoms with E-state index in [4.69, 9.17) is 23.8 Å². The predicted molar refractivity (Wildman–Crippen MR) is 139 cm³/mol. The van der Waals surface area contributed by atoms with Crippen molar-refractivity contribution in [2.24, 2.45) is 0 Å². The molecule has 0 bridgehead atoms. The lowest BCUT2D eigenvalue weighted by Crippen LogP contribution is -2.29. The van der Waals surface area contributed by atoms with E-state index in [-0.39, 0.29) is 17.8 Å². The number of phenolic OH excluding ortho intramolecular Hbond substituents is 1. The van der Waals surface area contributed by atoms with Gasteiger partial charge in [-0.1, -0.05) is 23.7 Å². The van der Waals surface area contributed by atoms with Crippen molar-refractivity contribution in [3.8, 4) is 11.6 Å². The summed E-state index contributed by atoms with van der Waals surface area (Å²) >= 11 is 12.1. The van der Waals surface area contributed by atoms with E-state index >= 15 is 0 Å². The molecule has 2 atom stereocenters. The number of phenols is 1. The fourth-order valence-electron chi connectivity index (χ4n) is 4.65. The molecule has 172 valence electrons. The van der Waals surface area contributed by atoms with Crippen molar-refractivity contribution in [1.29, 1.82) is 0 Å². The summed E-state index contributed by atoms with van der Waals surface area (Å²) < 4.78 is 2.14. The van der Waals surface area contributed by atoms with Crippen LogP contribution in [0.25, 0.3) is 5.82 Å². The van der Waals surface area contributed by atoms with Crippen LogP contribution in [0.5, 0.6) is 5.75 Å². The molecule has 1 fully saturated rings. The van der Waals surface area contributed by atoms with Gasteiger partial charge in [-0.05, 0) is 86.6 Å². The molecule has 0 saturated carbocycles. The lowest BCUT2D eigenvalue weighted by Gasteiger charge is -2.28. The topological polar surface area (TPSA) is 66.2 Å². The summed E-state index contributed by atoms with van der Waals surface area (Å²) in [6.07, 6.45) is 3.64. The van der Waals surface area contributed by atoms with E-state index in [0.717, 1.165) is 34.0 Å². The van der Waals surface area contributed by atoms with Crippen LogP contribution < -0.4 is 10.2 Å². The van der Waals surface area contributed by atoms with Crippen LogP contribution >= 0.6 is 23.8 Å². The van der Waals surface area contributed by atoms with E-state index in [9.17, 15) is 5.11 Å². The average Bonchev–Trinajstić information content (AvgIpc) is 3.32. The van der Waals surface area contributed by atoms with Crippen LogP contribution in [0.2, 0.25) is 5.02 Å². The molecule has 4 heterocycles. The van der Waals surface area contributed by atoms with E-state index in [2.05, 4.69) is 45.8 Å². The fourth-order valence-corrected chi connectivity index (χ4v) is 5.16. The molecule has 6 nitrogen and oxygen atoms in total. The Balaban J connectivity index is 1.70. The largest absolute Gasteiger partial charge is 0.506 e. The maximum atomic E-state index is 10.7. The van der Waals surface area contributed by atoms with Crippen LogP contribution in [0.1, 0.15) is 40.3 Å². The van der Waals surface area contributed by atoms with Crippen LogP contribution in [0.15, 0.2) is 67.0 Å². The van der Waals surface area contributed by atoms with Gasteiger partial charge in [-0.15, -0.1) is 0 Å². The Hall–Kier alpha value is -3.42. The van der Waals surface area contributed by atoms with Gasteiger partial charge in [0.05, 0.1) is 23.5 Å². The highest BCUT2D eigenvalue weighted by Crippen LogP contribution is 2.46. The minimum Gasteiger partial charge on any atom is -0.506 e. The molecule has 4 aromatic rings. The van der Waals surface area contributed by atoms with Gasteiger partial charge in [-0.3, -0.25) is 4.98 Å². The summed E-state index contributed by atoms with van der Waals surface area (Å²) in [4.78, 5) is 11.2. The number of aromatic hydroxyl groups is 1. The van der Waals surface area contributed by atoms with Crippen molar-refractivity contribution in [1.82, 2.24) is 19.9 Å². The van der Waals surface area contributed by atoms with Gasteiger partial charge in [-0.25, -0.2) is 4.98 Å². The Morgan fingerprint density at radius 1 is 1.03 bits per heavy atom. The van der Waals surface area contributed by atoms with Crippen molar-refractivity contribution in [2.75, 3.05) is 4.90 Å². The zero-order valence-electron chi connectivity index (χ0n) is 19.0. The fraction of sp³-hybridized carbons (Fsp3) is 0.192. The van der Waals surface area contributed by atoms with Gasteiger partial charge in [0.1, 0.15) is 11.6 Å². The first-order valence-corrected chi connectivity index (χ1v) is 11.7. The normalized spacial score (nSPS) is 17.8. The number of thiocarbonyl (C=S) groups is 1. The summed E-state index contributed by atoms with van der Waals surface area (Å²) in [5.74, 6) is 0.959. The summed E-state index contributed by atoms with van der Waals surface area (Å²) in [7, 11) is 0. The number of pyridine rings is 2. The van der Waals surface area contributed by atoms with Crippen molar-refractivity contribution in [2.45, 2.75) is 32.9 Å². The lowest BCUT2D eigenvalue weighted by molar-refractivity contribution is 0.472. The molecule has 3 aromatic heterocycles. The second-order valence-electron chi connectivity index (χ2n) is 8.49. The van der Waals surface area contributed by atoms with Gasteiger partial charge < -0.3 is 19.9 Å². The molecule has 0 amide bonds. The van der Waals surface area contributed by atoms with E-state index in [1.165, 1.54) is 0 Å². The summed E-state index contributed by atoms with van der Waals surface area (Å²) in [5, 5.41) is 15.2. The third-order valence-electron chi connectivity index (χ3n) is 6.21. The van der Waals surface area contributed by atoms with Gasteiger partial charge >= 0.3 is 0 Å². The van der Waals surface area contributed by atoms with Crippen molar-refractivity contribution < 1.29 is 5.11 Å². The van der Waals surface area contributed by atoms with E-state index in [0.29, 0.717) is 15.8 Å². The number of nitrogens with one attached hydrogen (secondary N) is 1. The Morgan fingerprint density at radius 3 is 2.56 bits per heavy atom. The van der Waals surface area contributed by atoms with Gasteiger partial charge in [-0.2, -0.15) is 0 Å². The number of halogens is 1. The number of rotatable bonds is 4. The summed E-state index contributed by atoms with van der Waals surface area (Å²) in [6, 6.07) is 16.6. The summed E-state index contributed by atoms with van der Waals surface area (Å²) in [5.41, 5.74) is 5.66. The number of anilines is 1. The van der Waals surface area contributed by atoms with Gasteiger partial charge in [0.15, 0.2) is 5.11 Å². The molecule has 0 spiro atoms. The van der Waals surface area contributed by atoms with Crippen LogP contribution in [0.3, 0.4) is 0 Å². The van der Waals surface area contributed by atoms with Crippen molar-refractivity contribution >= 4 is 34.6 Å². The van der Waals surface area contributed by atoms with Crippen molar-refractivity contribution in [3.63, 3.8) is 0 Å². The molecule has 0 radical (unpaired) electrons. The van der Waals surface area contributed by atoms with Crippen LogP contribution in [-0.2, 0) is 0 Å². The van der Waals surface area contributed by atoms with Gasteiger partial charge in [0.25, 0.3) is 0 Å². The molecule has 1 aromatic carbocycles. The maximum absolute atomic E-state index is 10.7. The molecular formula is C26H24ClN5OS. The van der Waals surface area contributed by atoms with Crippen LogP contribution in [0, 0.1) is 20.8 Å². The van der Waals surface area contributed by atoms with E-state index in [1.807, 2.05) is 42.3 Å². The first kappa shape index (κ1) is 22.4. The van der Waals surface area contributed by atoms with Gasteiger partial charge in [0.2, 0.25) is 0 Å². The Kier molecular flexibility index (Phi) is 5.75. The molecule has 5 rings (SSSR count). The predicted octanol–water partition coefficient (Wildman–Crippen LogP) is 5.73. The zero-order valence-corrected chi connectivity index (χ0v) is 20.6. The third-order valence-corrected chi connectivity index (χ3v) is 6.76. The lowest BCUT2D eigenvalue weighted by atomic mass is 9.96. The maximum Gasteiger partial charge on any atom is 0.174 e. The van der Waals surface area contributed by atoms with E-state index < -0.39 is 0 Å². The average molecular weight is 490 g/mol. The Morgan fingerprint density at radius 2 is 1.85 bits per heavy atom. The second kappa shape index (κ2) is 8.74. The van der Waals surface area contributed by atoms with E-state index in [1.54, 1.807) is 24.4 Å². The molecular weight excluding hydrogens is 466 g/mol. The zero-order chi connectivity index (χ0) is 24.0. The number of hydrogen-bond donors (Lipinski definition) is 2. The monoisotopic (exact) mass is 489 g/mol. The first-order valence-electron chi connectivity index (χ1n) is 11.0. The Labute approximate surface area is 208 Å². The first-order chi connectivity index (χ1) is 16.3. The standard InChI is InChI=1S/C26H24ClN5OS/c1-15-7-10-23(29-14-15)31-16(2)12-19(17(31)3)25-24(20-6-4-5-11-28-20)30-26(34)32(25)21-13-18(27)8-9-22(21)33/h4-14,24-25,33H,1-3H3,(H,30,34)/t24-,25+/m1/s1. The molecule has 1 saturated heterocycles. The quantitative estimate of drug-likeness (QED) is 0.357. The second-order valence-corrected chi connectivity index (χ2v) is 9.31. The summed E-state index contributed by atoms with van der Waals surface area (Å²) in [6.45, 7) is 6.17. The molecule has 0 aliphatic carbocycles. The highest BCUT2D eigenvalue weighted by Gasteiger charge is 2.43. The number of benzene rings is 1. The van der Waals surface area contributed by atoms with Crippen LogP contribution in [0.4, 0.5) is 5.69 Å². The Bertz CT molecular complexity index is 1370. The molecule has 34 heavy (non-hydrogen) atoms. The SMILES string of the molecule is Cc1ccc(-n2c(C)cc([C@H]3[C@@H](c4ccccn4)NC(=S)N3c3cc(Cl)ccc3O)c2C)nc1. The third kappa shape index (κ3) is 3.81. The molecule has 2 N–H and O–H groups in total. The minimum atomic E-state index is -0.267. The van der Waals surface area contributed by atoms with Gasteiger partial charge in [0, 0.05) is 28.8 Å². The molecule has 1 aliphatic rings. The molecule has 1 aliphatic heterocycles. The smallest absolute Gasteiger partial charge is 0.174 e. The van der Waals surface area contributed by atoms with Crippen molar-refractivity contribution in [3.05, 3.63) is 100 Å². The minimum absolute atomic E-state index is 0.106. The number of hydrogen-bond acceptors (Lipinski definition) is 4. The molecule has 0 unspecified atom stereocenters.